The Morgan fingerprint density at radius 3 is 3.00 bits per heavy atom. The fourth-order valence-electron chi connectivity index (χ4n) is 1.26. The summed E-state index contributed by atoms with van der Waals surface area (Å²) >= 11 is 0. The minimum absolute atomic E-state index is 0.418. The standard InChI is InChI=1S/C12H15NO2/c1-10(12(14)15)5-2-3-6-11-7-4-8-13-9-11/h4-5,7-9H,2-3,6H2,1H3,(H,14,15). The third kappa shape index (κ3) is 4.40. The van der Waals surface area contributed by atoms with Gasteiger partial charge in [0.1, 0.15) is 0 Å². The van der Waals surface area contributed by atoms with E-state index in [1.807, 2.05) is 18.3 Å². The average Bonchev–Trinajstić information content (AvgIpc) is 2.25. The Morgan fingerprint density at radius 2 is 2.40 bits per heavy atom. The number of hydrogen-bond donors (Lipinski definition) is 1. The third-order valence-electron chi connectivity index (χ3n) is 2.18. The van der Waals surface area contributed by atoms with Crippen LogP contribution in [-0.2, 0) is 11.2 Å². The Hall–Kier alpha value is -1.64. The number of hydrogen-bond acceptors (Lipinski definition) is 2. The van der Waals surface area contributed by atoms with E-state index in [0.717, 1.165) is 19.3 Å². The number of aliphatic carboxylic acids is 1. The SMILES string of the molecule is CC(=CCCCc1cccnc1)C(=O)O. The summed E-state index contributed by atoms with van der Waals surface area (Å²) < 4.78 is 0. The van der Waals surface area contributed by atoms with Crippen molar-refractivity contribution in [1.29, 1.82) is 0 Å². The number of rotatable bonds is 5. The molecule has 0 bridgehead atoms. The third-order valence-corrected chi connectivity index (χ3v) is 2.18. The molecule has 0 saturated heterocycles. The summed E-state index contributed by atoms with van der Waals surface area (Å²) in [7, 11) is 0. The van der Waals surface area contributed by atoms with Crippen molar-refractivity contribution < 1.29 is 9.90 Å². The van der Waals surface area contributed by atoms with Crippen LogP contribution < -0.4 is 0 Å². The fraction of sp³-hybridized carbons (Fsp3) is 0.333. The molecule has 0 aliphatic heterocycles. The van der Waals surface area contributed by atoms with Crippen LogP contribution in [0.2, 0.25) is 0 Å². The zero-order valence-corrected chi connectivity index (χ0v) is 8.81. The number of aromatic nitrogens is 1. The Balaban J connectivity index is 2.29. The highest BCUT2D eigenvalue weighted by Gasteiger charge is 1.98. The van der Waals surface area contributed by atoms with E-state index in [0.29, 0.717) is 5.57 Å². The number of allylic oxidation sites excluding steroid dienone is 1. The second-order valence-corrected chi connectivity index (χ2v) is 3.45. The molecule has 0 amide bonds. The zero-order valence-electron chi connectivity index (χ0n) is 8.81. The van der Waals surface area contributed by atoms with Crippen LogP contribution in [-0.4, -0.2) is 16.1 Å². The molecule has 80 valence electrons. The second kappa shape index (κ2) is 5.96. The van der Waals surface area contributed by atoms with E-state index in [1.54, 1.807) is 19.2 Å². The summed E-state index contributed by atoms with van der Waals surface area (Å²) in [6.07, 6.45) is 8.05. The molecule has 0 saturated carbocycles. The van der Waals surface area contributed by atoms with Gasteiger partial charge in [0.2, 0.25) is 0 Å². The molecule has 15 heavy (non-hydrogen) atoms. The number of pyridine rings is 1. The summed E-state index contributed by atoms with van der Waals surface area (Å²) in [5.74, 6) is -0.837. The van der Waals surface area contributed by atoms with Crippen LogP contribution in [0.25, 0.3) is 0 Å². The molecule has 0 aromatic carbocycles. The maximum atomic E-state index is 10.5. The van der Waals surface area contributed by atoms with Crippen LogP contribution in [0.15, 0.2) is 36.2 Å². The summed E-state index contributed by atoms with van der Waals surface area (Å²) in [6.45, 7) is 1.62. The van der Waals surface area contributed by atoms with Crippen LogP contribution in [0.1, 0.15) is 25.3 Å². The summed E-state index contributed by atoms with van der Waals surface area (Å²) in [6, 6.07) is 3.94. The van der Waals surface area contributed by atoms with E-state index in [9.17, 15) is 4.79 Å². The van der Waals surface area contributed by atoms with Crippen molar-refractivity contribution in [3.8, 4) is 0 Å². The van der Waals surface area contributed by atoms with Gasteiger partial charge in [-0.2, -0.15) is 0 Å². The first-order chi connectivity index (χ1) is 7.20. The van der Waals surface area contributed by atoms with E-state index in [4.69, 9.17) is 5.11 Å². The van der Waals surface area contributed by atoms with Gasteiger partial charge in [-0.3, -0.25) is 4.98 Å². The van der Waals surface area contributed by atoms with Crippen LogP contribution in [0.5, 0.6) is 0 Å². The predicted molar refractivity (Wildman–Crippen MR) is 58.6 cm³/mol. The minimum Gasteiger partial charge on any atom is -0.478 e. The zero-order chi connectivity index (χ0) is 11.1. The van der Waals surface area contributed by atoms with E-state index in [1.165, 1.54) is 5.56 Å². The lowest BCUT2D eigenvalue weighted by atomic mass is 10.1. The van der Waals surface area contributed by atoms with Crippen LogP contribution in [0.4, 0.5) is 0 Å². The van der Waals surface area contributed by atoms with Gasteiger partial charge in [0.15, 0.2) is 0 Å². The normalized spacial score (nSPS) is 11.4. The van der Waals surface area contributed by atoms with Crippen LogP contribution >= 0.6 is 0 Å². The van der Waals surface area contributed by atoms with Gasteiger partial charge >= 0.3 is 5.97 Å². The van der Waals surface area contributed by atoms with Crippen molar-refractivity contribution in [2.45, 2.75) is 26.2 Å². The lowest BCUT2D eigenvalue weighted by molar-refractivity contribution is -0.132. The molecular weight excluding hydrogens is 190 g/mol. The number of carboxylic acid groups (broad SMARTS) is 1. The highest BCUT2D eigenvalue weighted by Crippen LogP contribution is 2.05. The molecule has 0 atom stereocenters. The molecule has 0 spiro atoms. The molecule has 3 nitrogen and oxygen atoms in total. The first kappa shape index (κ1) is 11.4. The topological polar surface area (TPSA) is 50.2 Å². The van der Waals surface area contributed by atoms with Crippen LogP contribution in [0, 0.1) is 0 Å². The van der Waals surface area contributed by atoms with Gasteiger partial charge in [0.05, 0.1) is 0 Å². The molecule has 1 N–H and O–H groups in total. The first-order valence-corrected chi connectivity index (χ1v) is 4.99. The van der Waals surface area contributed by atoms with Gasteiger partial charge < -0.3 is 5.11 Å². The lowest BCUT2D eigenvalue weighted by Crippen LogP contribution is -1.95. The molecule has 0 aliphatic carbocycles. The molecule has 1 aromatic rings. The number of nitrogens with zero attached hydrogens (tertiary/aromatic N) is 1. The lowest BCUT2D eigenvalue weighted by Gasteiger charge is -1.98. The van der Waals surface area contributed by atoms with Crippen molar-refractivity contribution in [2.75, 3.05) is 0 Å². The molecule has 0 unspecified atom stereocenters. The van der Waals surface area contributed by atoms with Gasteiger partial charge in [-0.25, -0.2) is 4.79 Å². The molecule has 0 fully saturated rings. The molecule has 0 aliphatic rings. The Labute approximate surface area is 89.5 Å². The van der Waals surface area contributed by atoms with Gasteiger partial charge in [-0.05, 0) is 37.8 Å². The molecule has 1 heterocycles. The number of unbranched alkanes of at least 4 members (excludes halogenated alkanes) is 1. The quantitative estimate of drug-likeness (QED) is 0.593. The monoisotopic (exact) mass is 205 g/mol. The van der Waals surface area contributed by atoms with Crippen molar-refractivity contribution in [3.05, 3.63) is 41.7 Å². The maximum absolute atomic E-state index is 10.5. The van der Waals surface area contributed by atoms with Gasteiger partial charge in [-0.1, -0.05) is 12.1 Å². The van der Waals surface area contributed by atoms with E-state index < -0.39 is 5.97 Å². The largest absolute Gasteiger partial charge is 0.478 e. The van der Waals surface area contributed by atoms with Crippen molar-refractivity contribution in [2.24, 2.45) is 0 Å². The van der Waals surface area contributed by atoms with Crippen molar-refractivity contribution >= 4 is 5.97 Å². The van der Waals surface area contributed by atoms with Gasteiger partial charge in [-0.15, -0.1) is 0 Å². The van der Waals surface area contributed by atoms with Crippen molar-refractivity contribution in [1.82, 2.24) is 4.98 Å². The summed E-state index contributed by atoms with van der Waals surface area (Å²) in [5.41, 5.74) is 1.61. The van der Waals surface area contributed by atoms with E-state index in [-0.39, 0.29) is 0 Å². The van der Waals surface area contributed by atoms with E-state index >= 15 is 0 Å². The van der Waals surface area contributed by atoms with E-state index in [2.05, 4.69) is 4.98 Å². The summed E-state index contributed by atoms with van der Waals surface area (Å²) in [4.78, 5) is 14.5. The minimum atomic E-state index is -0.837. The number of carbonyl (C=O) groups is 1. The Kier molecular flexibility index (Phi) is 4.54. The molecule has 1 aromatic heterocycles. The molecular formula is C12H15NO2. The second-order valence-electron chi connectivity index (χ2n) is 3.45. The first-order valence-electron chi connectivity index (χ1n) is 4.99. The smallest absolute Gasteiger partial charge is 0.330 e. The summed E-state index contributed by atoms with van der Waals surface area (Å²) in [5, 5.41) is 8.62. The fourth-order valence-corrected chi connectivity index (χ4v) is 1.26. The Bertz CT molecular complexity index is 344. The Morgan fingerprint density at radius 1 is 1.60 bits per heavy atom. The number of carboxylic acids is 1. The highest BCUT2D eigenvalue weighted by atomic mass is 16.4. The number of aryl methyl sites for hydroxylation is 1. The average molecular weight is 205 g/mol. The molecule has 0 radical (unpaired) electrons. The highest BCUT2D eigenvalue weighted by molar-refractivity contribution is 5.85. The molecule has 3 heteroatoms. The van der Waals surface area contributed by atoms with Crippen molar-refractivity contribution in [3.63, 3.8) is 0 Å². The predicted octanol–water partition coefficient (Wildman–Crippen LogP) is 2.44. The van der Waals surface area contributed by atoms with Gasteiger partial charge in [0, 0.05) is 18.0 Å². The molecule has 1 rings (SSSR count). The maximum Gasteiger partial charge on any atom is 0.330 e. The van der Waals surface area contributed by atoms with Crippen LogP contribution in [0.3, 0.4) is 0 Å². The van der Waals surface area contributed by atoms with Gasteiger partial charge in [0.25, 0.3) is 0 Å².